The van der Waals surface area contributed by atoms with Gasteiger partial charge >= 0.3 is 0 Å². The molecule has 2 rings (SSSR count). The highest BCUT2D eigenvalue weighted by Gasteiger charge is 2.20. The summed E-state index contributed by atoms with van der Waals surface area (Å²) in [6.45, 7) is 7.54. The standard InChI is InChI=1S/C15H20N2S/c1-4-13-10-18-14(17-13)16-11-15(2,3)12-8-6-5-7-9-12/h5-10H,4,11H2,1-3H3,(H,16,17). The first-order valence-corrected chi connectivity index (χ1v) is 7.23. The Kier molecular flexibility index (Phi) is 4.02. The summed E-state index contributed by atoms with van der Waals surface area (Å²) < 4.78 is 0. The molecule has 96 valence electrons. The van der Waals surface area contributed by atoms with E-state index in [-0.39, 0.29) is 5.41 Å². The lowest BCUT2D eigenvalue weighted by atomic mass is 9.85. The predicted molar refractivity (Wildman–Crippen MR) is 79.4 cm³/mol. The van der Waals surface area contributed by atoms with Gasteiger partial charge in [0.15, 0.2) is 5.13 Å². The molecule has 0 radical (unpaired) electrons. The highest BCUT2D eigenvalue weighted by molar-refractivity contribution is 7.13. The van der Waals surface area contributed by atoms with Crippen molar-refractivity contribution in [3.05, 3.63) is 47.0 Å². The lowest BCUT2D eigenvalue weighted by molar-refractivity contribution is 0.557. The normalized spacial score (nSPS) is 11.5. The molecule has 0 spiro atoms. The number of nitrogens with zero attached hydrogens (tertiary/aromatic N) is 1. The van der Waals surface area contributed by atoms with Crippen molar-refractivity contribution in [3.8, 4) is 0 Å². The van der Waals surface area contributed by atoms with Gasteiger partial charge in [0.05, 0.1) is 5.69 Å². The molecule has 0 aliphatic rings. The average molecular weight is 260 g/mol. The summed E-state index contributed by atoms with van der Waals surface area (Å²) in [5, 5.41) is 6.59. The maximum atomic E-state index is 4.53. The second-order valence-electron chi connectivity index (χ2n) is 5.10. The molecule has 0 aliphatic heterocycles. The third-order valence-corrected chi connectivity index (χ3v) is 4.00. The van der Waals surface area contributed by atoms with Crippen LogP contribution in [0, 0.1) is 0 Å². The van der Waals surface area contributed by atoms with Crippen LogP contribution in [0.5, 0.6) is 0 Å². The predicted octanol–water partition coefficient (Wildman–Crippen LogP) is 4.10. The van der Waals surface area contributed by atoms with Gasteiger partial charge in [-0.05, 0) is 12.0 Å². The van der Waals surface area contributed by atoms with Crippen LogP contribution in [-0.2, 0) is 11.8 Å². The van der Waals surface area contributed by atoms with Crippen LogP contribution in [0.3, 0.4) is 0 Å². The highest BCUT2D eigenvalue weighted by atomic mass is 32.1. The first-order chi connectivity index (χ1) is 8.62. The van der Waals surface area contributed by atoms with E-state index in [1.54, 1.807) is 11.3 Å². The summed E-state index contributed by atoms with van der Waals surface area (Å²) in [5.74, 6) is 0. The zero-order valence-electron chi connectivity index (χ0n) is 11.2. The summed E-state index contributed by atoms with van der Waals surface area (Å²) in [6, 6.07) is 10.6. The molecule has 0 atom stereocenters. The van der Waals surface area contributed by atoms with Crippen molar-refractivity contribution >= 4 is 16.5 Å². The van der Waals surface area contributed by atoms with Crippen molar-refractivity contribution in [2.24, 2.45) is 0 Å². The number of thiazole rings is 1. The number of hydrogen-bond donors (Lipinski definition) is 1. The van der Waals surface area contributed by atoms with Gasteiger partial charge in [0, 0.05) is 17.3 Å². The largest absolute Gasteiger partial charge is 0.361 e. The van der Waals surface area contributed by atoms with Gasteiger partial charge in [-0.3, -0.25) is 0 Å². The SMILES string of the molecule is CCc1csc(NCC(C)(C)c2ccccc2)n1. The topological polar surface area (TPSA) is 24.9 Å². The highest BCUT2D eigenvalue weighted by Crippen LogP contribution is 2.24. The Hall–Kier alpha value is -1.35. The molecule has 1 aromatic carbocycles. The molecule has 0 bridgehead atoms. The molecule has 1 heterocycles. The van der Waals surface area contributed by atoms with Crippen molar-refractivity contribution in [1.82, 2.24) is 4.98 Å². The van der Waals surface area contributed by atoms with Gasteiger partial charge in [0.25, 0.3) is 0 Å². The van der Waals surface area contributed by atoms with Crippen LogP contribution < -0.4 is 5.32 Å². The van der Waals surface area contributed by atoms with Gasteiger partial charge in [-0.25, -0.2) is 4.98 Å². The molecular weight excluding hydrogens is 240 g/mol. The van der Waals surface area contributed by atoms with Crippen LogP contribution in [0.2, 0.25) is 0 Å². The Morgan fingerprint density at radius 2 is 1.94 bits per heavy atom. The number of aromatic nitrogens is 1. The summed E-state index contributed by atoms with van der Waals surface area (Å²) in [7, 11) is 0. The molecule has 2 nitrogen and oxygen atoms in total. The first kappa shape index (κ1) is 13.1. The van der Waals surface area contributed by atoms with E-state index < -0.39 is 0 Å². The minimum Gasteiger partial charge on any atom is -0.361 e. The molecule has 0 fully saturated rings. The first-order valence-electron chi connectivity index (χ1n) is 6.35. The molecule has 0 saturated heterocycles. The summed E-state index contributed by atoms with van der Waals surface area (Å²) in [5.41, 5.74) is 2.63. The van der Waals surface area contributed by atoms with Gasteiger partial charge in [-0.15, -0.1) is 11.3 Å². The molecular formula is C15H20N2S. The monoisotopic (exact) mass is 260 g/mol. The van der Waals surface area contributed by atoms with Gasteiger partial charge in [0.1, 0.15) is 0 Å². The van der Waals surface area contributed by atoms with E-state index in [1.165, 1.54) is 11.3 Å². The zero-order valence-corrected chi connectivity index (χ0v) is 12.1. The Bertz CT molecular complexity index is 488. The van der Waals surface area contributed by atoms with Gasteiger partial charge < -0.3 is 5.32 Å². The molecule has 1 aromatic heterocycles. The third-order valence-electron chi connectivity index (χ3n) is 3.15. The van der Waals surface area contributed by atoms with Crippen LogP contribution in [0.1, 0.15) is 32.0 Å². The number of benzene rings is 1. The van der Waals surface area contributed by atoms with Crippen molar-refractivity contribution in [2.75, 3.05) is 11.9 Å². The van der Waals surface area contributed by atoms with E-state index in [4.69, 9.17) is 0 Å². The second-order valence-corrected chi connectivity index (χ2v) is 5.96. The lowest BCUT2D eigenvalue weighted by Gasteiger charge is -2.25. The van der Waals surface area contributed by atoms with Crippen molar-refractivity contribution < 1.29 is 0 Å². The maximum Gasteiger partial charge on any atom is 0.182 e. The van der Waals surface area contributed by atoms with Crippen LogP contribution in [0.25, 0.3) is 0 Å². The summed E-state index contributed by atoms with van der Waals surface area (Å²) in [4.78, 5) is 4.53. The average Bonchev–Trinajstić information content (AvgIpc) is 2.86. The van der Waals surface area contributed by atoms with E-state index in [1.807, 2.05) is 0 Å². The quantitative estimate of drug-likeness (QED) is 0.875. The molecule has 0 unspecified atom stereocenters. The number of nitrogens with one attached hydrogen (secondary N) is 1. The maximum absolute atomic E-state index is 4.53. The molecule has 0 aliphatic carbocycles. The van der Waals surface area contributed by atoms with Crippen molar-refractivity contribution in [3.63, 3.8) is 0 Å². The van der Waals surface area contributed by atoms with E-state index >= 15 is 0 Å². The molecule has 2 aromatic rings. The van der Waals surface area contributed by atoms with Crippen molar-refractivity contribution in [2.45, 2.75) is 32.6 Å². The minimum atomic E-state index is 0.110. The number of anilines is 1. The smallest absolute Gasteiger partial charge is 0.182 e. The Labute approximate surface area is 113 Å². The Balaban J connectivity index is 2.00. The van der Waals surface area contributed by atoms with E-state index in [2.05, 4.69) is 66.8 Å². The summed E-state index contributed by atoms with van der Waals surface area (Å²) >= 11 is 1.69. The van der Waals surface area contributed by atoms with Crippen LogP contribution >= 0.6 is 11.3 Å². The number of hydrogen-bond acceptors (Lipinski definition) is 3. The fourth-order valence-electron chi connectivity index (χ4n) is 1.84. The molecule has 0 amide bonds. The van der Waals surface area contributed by atoms with Gasteiger partial charge in [0.2, 0.25) is 0 Å². The number of rotatable bonds is 5. The van der Waals surface area contributed by atoms with Crippen molar-refractivity contribution in [1.29, 1.82) is 0 Å². The fraction of sp³-hybridized carbons (Fsp3) is 0.400. The molecule has 3 heteroatoms. The number of aryl methyl sites for hydroxylation is 1. The van der Waals surface area contributed by atoms with E-state index in [9.17, 15) is 0 Å². The fourth-order valence-corrected chi connectivity index (χ4v) is 2.63. The van der Waals surface area contributed by atoms with E-state index in [0.717, 1.165) is 18.1 Å². The van der Waals surface area contributed by atoms with Gasteiger partial charge in [-0.2, -0.15) is 0 Å². The zero-order chi connectivity index (χ0) is 13.0. The Morgan fingerprint density at radius 1 is 1.22 bits per heavy atom. The van der Waals surface area contributed by atoms with Crippen LogP contribution in [-0.4, -0.2) is 11.5 Å². The van der Waals surface area contributed by atoms with Crippen LogP contribution in [0.4, 0.5) is 5.13 Å². The van der Waals surface area contributed by atoms with Gasteiger partial charge in [-0.1, -0.05) is 51.1 Å². The molecule has 1 N–H and O–H groups in total. The van der Waals surface area contributed by atoms with E-state index in [0.29, 0.717) is 0 Å². The Morgan fingerprint density at radius 3 is 2.56 bits per heavy atom. The molecule has 0 saturated carbocycles. The van der Waals surface area contributed by atoms with Crippen LogP contribution in [0.15, 0.2) is 35.7 Å². The lowest BCUT2D eigenvalue weighted by Crippen LogP contribution is -2.27. The molecule has 18 heavy (non-hydrogen) atoms. The minimum absolute atomic E-state index is 0.110. The third kappa shape index (κ3) is 3.10. The summed E-state index contributed by atoms with van der Waals surface area (Å²) in [6.07, 6.45) is 1.00. The second kappa shape index (κ2) is 5.53.